The Labute approximate surface area is 147 Å². The zero-order chi connectivity index (χ0) is 18.2. The van der Waals surface area contributed by atoms with Gasteiger partial charge in [0.1, 0.15) is 0 Å². The van der Waals surface area contributed by atoms with Gasteiger partial charge in [-0.25, -0.2) is 0 Å². The standard InChI is InChI=1S/C20H21N3O2/c1-14(2)19(24)22-11-12-23-20(25)18-10-6-5-9-17(18)16-8-4-3-7-15(16)13-21/h3-10,14H,11-12H2,1-2H3,(H,22,24)(H,23,25). The highest BCUT2D eigenvalue weighted by Crippen LogP contribution is 2.26. The summed E-state index contributed by atoms with van der Waals surface area (Å²) in [5.74, 6) is -0.362. The van der Waals surface area contributed by atoms with Crippen LogP contribution < -0.4 is 10.6 Å². The topological polar surface area (TPSA) is 82.0 Å². The van der Waals surface area contributed by atoms with Crippen molar-refractivity contribution < 1.29 is 9.59 Å². The summed E-state index contributed by atoms with van der Waals surface area (Å²) in [5, 5.41) is 14.8. The van der Waals surface area contributed by atoms with Crippen molar-refractivity contribution in [1.82, 2.24) is 10.6 Å². The number of benzene rings is 2. The molecule has 0 aliphatic carbocycles. The molecule has 5 heteroatoms. The van der Waals surface area contributed by atoms with E-state index in [0.717, 1.165) is 5.56 Å². The predicted octanol–water partition coefficient (Wildman–Crippen LogP) is 2.73. The molecule has 0 bridgehead atoms. The largest absolute Gasteiger partial charge is 0.354 e. The first-order valence-electron chi connectivity index (χ1n) is 8.19. The SMILES string of the molecule is CC(C)C(=O)NCCNC(=O)c1ccccc1-c1ccccc1C#N. The Kier molecular flexibility index (Phi) is 6.30. The van der Waals surface area contributed by atoms with Crippen LogP contribution in [0, 0.1) is 17.2 Å². The number of carbonyl (C=O) groups excluding carboxylic acids is 2. The molecule has 2 rings (SSSR count). The number of nitriles is 1. The van der Waals surface area contributed by atoms with Crippen LogP contribution in [0.4, 0.5) is 0 Å². The van der Waals surface area contributed by atoms with E-state index < -0.39 is 0 Å². The first-order chi connectivity index (χ1) is 12.0. The lowest BCUT2D eigenvalue weighted by atomic mass is 9.95. The van der Waals surface area contributed by atoms with Crippen molar-refractivity contribution in [1.29, 1.82) is 5.26 Å². The highest BCUT2D eigenvalue weighted by Gasteiger charge is 2.14. The molecule has 128 valence electrons. The van der Waals surface area contributed by atoms with Gasteiger partial charge in [-0.1, -0.05) is 50.2 Å². The van der Waals surface area contributed by atoms with Crippen LogP contribution in [-0.2, 0) is 4.79 Å². The molecule has 0 saturated carbocycles. The van der Waals surface area contributed by atoms with Crippen molar-refractivity contribution in [3.63, 3.8) is 0 Å². The summed E-state index contributed by atoms with van der Waals surface area (Å²) in [6.45, 7) is 4.35. The summed E-state index contributed by atoms with van der Waals surface area (Å²) in [7, 11) is 0. The Balaban J connectivity index is 2.11. The van der Waals surface area contributed by atoms with Crippen molar-refractivity contribution in [3.8, 4) is 17.2 Å². The highest BCUT2D eigenvalue weighted by atomic mass is 16.2. The second kappa shape index (κ2) is 8.65. The Bertz CT molecular complexity index is 807. The number of carbonyl (C=O) groups is 2. The zero-order valence-electron chi connectivity index (χ0n) is 14.4. The fraction of sp³-hybridized carbons (Fsp3) is 0.250. The monoisotopic (exact) mass is 335 g/mol. The zero-order valence-corrected chi connectivity index (χ0v) is 14.4. The van der Waals surface area contributed by atoms with Crippen LogP contribution in [0.15, 0.2) is 48.5 Å². The summed E-state index contributed by atoms with van der Waals surface area (Å²) in [6.07, 6.45) is 0. The average molecular weight is 335 g/mol. The minimum Gasteiger partial charge on any atom is -0.354 e. The first kappa shape index (κ1) is 18.2. The maximum absolute atomic E-state index is 12.5. The number of hydrogen-bond acceptors (Lipinski definition) is 3. The van der Waals surface area contributed by atoms with Gasteiger partial charge in [0.25, 0.3) is 5.91 Å². The molecule has 0 unspecified atom stereocenters. The third kappa shape index (κ3) is 4.67. The number of hydrogen-bond donors (Lipinski definition) is 2. The Morgan fingerprint density at radius 2 is 1.56 bits per heavy atom. The molecule has 2 N–H and O–H groups in total. The van der Waals surface area contributed by atoms with Crippen molar-refractivity contribution in [2.45, 2.75) is 13.8 Å². The molecule has 0 aliphatic rings. The van der Waals surface area contributed by atoms with Crippen LogP contribution in [0.3, 0.4) is 0 Å². The molecule has 0 atom stereocenters. The lowest BCUT2D eigenvalue weighted by Gasteiger charge is -2.12. The third-order valence-electron chi connectivity index (χ3n) is 3.74. The molecule has 2 amide bonds. The maximum Gasteiger partial charge on any atom is 0.251 e. The Morgan fingerprint density at radius 1 is 0.960 bits per heavy atom. The number of nitrogens with one attached hydrogen (secondary N) is 2. The van der Waals surface area contributed by atoms with Gasteiger partial charge in [0, 0.05) is 30.1 Å². The second-order valence-corrected chi connectivity index (χ2v) is 5.90. The fourth-order valence-electron chi connectivity index (χ4n) is 2.39. The van der Waals surface area contributed by atoms with Gasteiger partial charge in [-0.3, -0.25) is 9.59 Å². The van der Waals surface area contributed by atoms with E-state index in [0.29, 0.717) is 29.8 Å². The van der Waals surface area contributed by atoms with Gasteiger partial charge in [0.05, 0.1) is 11.6 Å². The number of nitrogens with zero attached hydrogens (tertiary/aromatic N) is 1. The molecule has 0 spiro atoms. The summed E-state index contributed by atoms with van der Waals surface area (Å²) in [6, 6.07) is 16.5. The molecule has 2 aromatic rings. The molecule has 0 aromatic heterocycles. The van der Waals surface area contributed by atoms with Crippen molar-refractivity contribution in [2.24, 2.45) is 5.92 Å². The van der Waals surface area contributed by atoms with E-state index in [-0.39, 0.29) is 17.7 Å². The lowest BCUT2D eigenvalue weighted by molar-refractivity contribution is -0.123. The summed E-state index contributed by atoms with van der Waals surface area (Å²) >= 11 is 0. The first-order valence-corrected chi connectivity index (χ1v) is 8.19. The fourth-order valence-corrected chi connectivity index (χ4v) is 2.39. The number of amides is 2. The highest BCUT2D eigenvalue weighted by molar-refractivity contribution is 6.01. The van der Waals surface area contributed by atoms with Crippen LogP contribution in [0.2, 0.25) is 0 Å². The van der Waals surface area contributed by atoms with Crippen LogP contribution in [-0.4, -0.2) is 24.9 Å². The van der Waals surface area contributed by atoms with Crippen molar-refractivity contribution in [2.75, 3.05) is 13.1 Å². The summed E-state index contributed by atoms with van der Waals surface area (Å²) in [4.78, 5) is 24.0. The maximum atomic E-state index is 12.5. The predicted molar refractivity (Wildman–Crippen MR) is 96.8 cm³/mol. The molecule has 25 heavy (non-hydrogen) atoms. The van der Waals surface area contributed by atoms with E-state index in [1.807, 2.05) is 38.1 Å². The Morgan fingerprint density at radius 3 is 2.24 bits per heavy atom. The van der Waals surface area contributed by atoms with E-state index in [1.54, 1.807) is 24.3 Å². The molecular formula is C20H21N3O2. The van der Waals surface area contributed by atoms with Crippen LogP contribution in [0.5, 0.6) is 0 Å². The minimum atomic E-state index is -0.234. The van der Waals surface area contributed by atoms with E-state index in [1.165, 1.54) is 0 Å². The molecule has 0 heterocycles. The molecule has 0 saturated heterocycles. The second-order valence-electron chi connectivity index (χ2n) is 5.90. The van der Waals surface area contributed by atoms with E-state index >= 15 is 0 Å². The van der Waals surface area contributed by atoms with Gasteiger partial charge >= 0.3 is 0 Å². The molecule has 2 aromatic carbocycles. The molecule has 0 aliphatic heterocycles. The van der Waals surface area contributed by atoms with Crippen LogP contribution in [0.1, 0.15) is 29.8 Å². The van der Waals surface area contributed by atoms with Gasteiger partial charge in [-0.15, -0.1) is 0 Å². The molecular weight excluding hydrogens is 314 g/mol. The van der Waals surface area contributed by atoms with Crippen LogP contribution >= 0.6 is 0 Å². The van der Waals surface area contributed by atoms with Gasteiger partial charge in [0.2, 0.25) is 5.91 Å². The summed E-state index contributed by atoms with van der Waals surface area (Å²) in [5.41, 5.74) is 2.46. The van der Waals surface area contributed by atoms with Crippen molar-refractivity contribution in [3.05, 3.63) is 59.7 Å². The van der Waals surface area contributed by atoms with Gasteiger partial charge in [-0.2, -0.15) is 5.26 Å². The van der Waals surface area contributed by atoms with E-state index in [9.17, 15) is 14.9 Å². The molecule has 5 nitrogen and oxygen atoms in total. The van der Waals surface area contributed by atoms with Gasteiger partial charge in [0.15, 0.2) is 0 Å². The van der Waals surface area contributed by atoms with Gasteiger partial charge < -0.3 is 10.6 Å². The minimum absolute atomic E-state index is 0.0439. The number of rotatable bonds is 6. The summed E-state index contributed by atoms with van der Waals surface area (Å²) < 4.78 is 0. The van der Waals surface area contributed by atoms with Gasteiger partial charge in [-0.05, 0) is 17.7 Å². The molecule has 0 radical (unpaired) electrons. The molecule has 0 fully saturated rings. The van der Waals surface area contributed by atoms with Crippen LogP contribution in [0.25, 0.3) is 11.1 Å². The average Bonchev–Trinajstić information content (AvgIpc) is 2.64. The normalized spacial score (nSPS) is 10.2. The van der Waals surface area contributed by atoms with Crippen molar-refractivity contribution >= 4 is 11.8 Å². The van der Waals surface area contributed by atoms with E-state index in [4.69, 9.17) is 0 Å². The van der Waals surface area contributed by atoms with E-state index in [2.05, 4.69) is 16.7 Å². The Hall–Kier alpha value is -3.13. The smallest absolute Gasteiger partial charge is 0.251 e. The quantitative estimate of drug-likeness (QED) is 0.796. The third-order valence-corrected chi connectivity index (χ3v) is 3.74. The lowest BCUT2D eigenvalue weighted by Crippen LogP contribution is -2.36.